The maximum absolute atomic E-state index is 10.7. The van der Waals surface area contributed by atoms with Crippen LogP contribution in [0.15, 0.2) is 0 Å². The second kappa shape index (κ2) is 8.18. The van der Waals surface area contributed by atoms with E-state index in [1.54, 1.807) is 4.90 Å². The number of likely N-dealkylation sites (tertiary alicyclic amines) is 1. The molecule has 0 aromatic heterocycles. The molecule has 1 aliphatic rings. The minimum absolute atomic E-state index is 1.05. The zero-order valence-corrected chi connectivity index (χ0v) is 14.5. The summed E-state index contributed by atoms with van der Waals surface area (Å²) in [5.41, 5.74) is 0. The average Bonchev–Trinajstić information content (AvgIpc) is 2.30. The number of halogens is 6. The fourth-order valence-electron chi connectivity index (χ4n) is 2.85. The molecule has 1 nitrogen and oxygen atoms in total. The molecule has 2 unspecified atom stereocenters. The van der Waals surface area contributed by atoms with Crippen molar-refractivity contribution in [3.05, 3.63) is 0 Å². The molecular formula is C14H30F6NP. The summed E-state index contributed by atoms with van der Waals surface area (Å²) in [6.07, 6.45) is 13.2. The number of nitrogens with one attached hydrogen (secondary N) is 1. The number of hydrogen-bond acceptors (Lipinski definition) is 0. The molecule has 22 heavy (non-hydrogen) atoms. The fourth-order valence-corrected chi connectivity index (χ4v) is 2.85. The molecule has 1 aliphatic heterocycles. The Labute approximate surface area is 129 Å². The number of unbranched alkanes of at least 4 members (excludes halogenated alkanes) is 5. The molecule has 0 saturated carbocycles. The van der Waals surface area contributed by atoms with Crippen LogP contribution in [0.2, 0.25) is 0 Å². The summed E-state index contributed by atoms with van der Waals surface area (Å²) in [6.45, 7) is 5.14. The molecule has 1 saturated heterocycles. The first-order valence-corrected chi connectivity index (χ1v) is 10.2. The van der Waals surface area contributed by atoms with Crippen molar-refractivity contribution >= 4 is 7.81 Å². The van der Waals surface area contributed by atoms with Gasteiger partial charge in [-0.15, -0.1) is 0 Å². The van der Waals surface area contributed by atoms with Gasteiger partial charge in [-0.25, -0.2) is 0 Å². The molecule has 0 bridgehead atoms. The van der Waals surface area contributed by atoms with Crippen molar-refractivity contribution in [3.63, 3.8) is 0 Å². The van der Waals surface area contributed by atoms with E-state index in [-0.39, 0.29) is 0 Å². The Morgan fingerprint density at radius 3 is 1.91 bits per heavy atom. The molecular weight excluding hydrogens is 327 g/mol. The normalized spacial score (nSPS) is 25.6. The first-order chi connectivity index (χ1) is 9.78. The summed E-state index contributed by atoms with van der Waals surface area (Å²) in [5, 5.41) is 0. The summed E-state index contributed by atoms with van der Waals surface area (Å²) >= 11 is 0. The van der Waals surface area contributed by atoms with Gasteiger partial charge in [0.15, 0.2) is 0 Å². The first-order valence-electron chi connectivity index (χ1n) is 8.15. The Bertz CT molecular complexity index is 291. The van der Waals surface area contributed by atoms with Gasteiger partial charge in [-0.3, -0.25) is 0 Å². The Balaban J connectivity index is 0.000000534. The van der Waals surface area contributed by atoms with Gasteiger partial charge in [-0.2, -0.15) is 0 Å². The monoisotopic (exact) mass is 357 g/mol. The van der Waals surface area contributed by atoms with Gasteiger partial charge in [0.1, 0.15) is 0 Å². The fraction of sp³-hybridized carbons (Fsp3) is 1.00. The van der Waals surface area contributed by atoms with Gasteiger partial charge in [0.25, 0.3) is 0 Å². The number of quaternary nitrogens is 1. The van der Waals surface area contributed by atoms with Crippen molar-refractivity contribution in [3.8, 4) is 0 Å². The molecule has 2 atom stereocenters. The van der Waals surface area contributed by atoms with E-state index >= 15 is 0 Å². The van der Waals surface area contributed by atoms with Crippen molar-refractivity contribution in [2.24, 2.45) is 5.92 Å². The van der Waals surface area contributed by atoms with Crippen molar-refractivity contribution < 1.29 is 30.1 Å². The first kappa shape index (κ1) is 22.0. The van der Waals surface area contributed by atoms with Crippen LogP contribution >= 0.6 is 7.81 Å². The average molecular weight is 357 g/mol. The van der Waals surface area contributed by atoms with Crippen LogP contribution in [0.4, 0.5) is 25.2 Å². The van der Waals surface area contributed by atoms with Gasteiger partial charge in [0.05, 0.1) is 20.1 Å². The van der Waals surface area contributed by atoms with E-state index in [1.807, 2.05) is 0 Å². The molecule has 1 fully saturated rings. The van der Waals surface area contributed by atoms with Crippen molar-refractivity contribution in [1.82, 2.24) is 0 Å². The molecule has 0 aromatic rings. The third-order valence-corrected chi connectivity index (χ3v) is 3.82. The quantitative estimate of drug-likeness (QED) is 0.322. The molecule has 0 amide bonds. The molecule has 1 N–H and O–H groups in total. The molecule has 1 heterocycles. The van der Waals surface area contributed by atoms with Crippen molar-refractivity contribution in [2.75, 3.05) is 20.1 Å². The van der Waals surface area contributed by atoms with Crippen molar-refractivity contribution in [2.45, 2.75) is 64.7 Å². The van der Waals surface area contributed by atoms with Crippen LogP contribution in [0.5, 0.6) is 0 Å². The van der Waals surface area contributed by atoms with Gasteiger partial charge in [0.2, 0.25) is 0 Å². The van der Waals surface area contributed by atoms with E-state index < -0.39 is 7.81 Å². The van der Waals surface area contributed by atoms with Crippen LogP contribution in [-0.2, 0) is 0 Å². The third-order valence-electron chi connectivity index (χ3n) is 3.82. The van der Waals surface area contributed by atoms with Gasteiger partial charge >= 0.3 is 33.0 Å². The van der Waals surface area contributed by atoms with Crippen molar-refractivity contribution in [1.29, 1.82) is 0 Å². The molecule has 1 rings (SSSR count). The standard InChI is InChI=1S/C14H29N.F6P/c1-3-4-5-6-7-8-10-14-11-9-12-15(2)13-14;1-7(2,3,4,5)6/h14H,3-13H2,1-2H3;/q;-1/p+1. The zero-order valence-electron chi connectivity index (χ0n) is 13.6. The summed E-state index contributed by atoms with van der Waals surface area (Å²) in [7, 11) is -8.30. The van der Waals surface area contributed by atoms with E-state index in [9.17, 15) is 25.2 Å². The minimum atomic E-state index is -10.7. The van der Waals surface area contributed by atoms with E-state index in [4.69, 9.17) is 0 Å². The maximum atomic E-state index is 9.87. The summed E-state index contributed by atoms with van der Waals surface area (Å²) < 4.78 is 59.2. The van der Waals surface area contributed by atoms with E-state index in [0.717, 1.165) is 5.92 Å². The third kappa shape index (κ3) is 22.3. The number of rotatable bonds is 7. The zero-order chi connectivity index (χ0) is 17.3. The van der Waals surface area contributed by atoms with Crippen LogP contribution in [0.3, 0.4) is 0 Å². The van der Waals surface area contributed by atoms with Crippen LogP contribution in [0.25, 0.3) is 0 Å². The molecule has 0 spiro atoms. The number of hydrogen-bond donors (Lipinski definition) is 1. The van der Waals surface area contributed by atoms with Crippen LogP contribution < -0.4 is 4.90 Å². The topological polar surface area (TPSA) is 4.44 Å². The second-order valence-corrected chi connectivity index (χ2v) is 8.35. The Kier molecular flexibility index (Phi) is 8.17. The van der Waals surface area contributed by atoms with E-state index in [2.05, 4.69) is 14.0 Å². The SMILES string of the molecule is CCCCCCCCC1CCC[NH+](C)C1.F[P-](F)(F)(F)(F)F. The number of piperidine rings is 1. The Morgan fingerprint density at radius 2 is 1.41 bits per heavy atom. The van der Waals surface area contributed by atoms with E-state index in [1.165, 1.54) is 70.9 Å². The predicted octanol–water partition coefficient (Wildman–Crippen LogP) is 6.04. The van der Waals surface area contributed by atoms with E-state index in [0.29, 0.717) is 0 Å². The van der Waals surface area contributed by atoms with Crippen LogP contribution in [0.1, 0.15) is 64.7 Å². The van der Waals surface area contributed by atoms with Crippen LogP contribution in [-0.4, -0.2) is 20.1 Å². The van der Waals surface area contributed by atoms with Crippen LogP contribution in [0, 0.1) is 5.92 Å². The summed E-state index contributed by atoms with van der Waals surface area (Å²) in [4.78, 5) is 1.76. The van der Waals surface area contributed by atoms with Gasteiger partial charge in [0, 0.05) is 5.92 Å². The summed E-state index contributed by atoms with van der Waals surface area (Å²) in [6, 6.07) is 0. The predicted molar refractivity (Wildman–Crippen MR) is 80.9 cm³/mol. The molecule has 138 valence electrons. The Hall–Kier alpha value is -0.0300. The molecule has 0 radical (unpaired) electrons. The Morgan fingerprint density at radius 1 is 0.909 bits per heavy atom. The van der Waals surface area contributed by atoms with Gasteiger partial charge < -0.3 is 4.90 Å². The molecule has 0 aliphatic carbocycles. The second-order valence-electron chi connectivity index (χ2n) is 6.43. The molecule has 0 aromatic carbocycles. The summed E-state index contributed by atoms with van der Waals surface area (Å²) in [5.74, 6) is 1.05. The van der Waals surface area contributed by atoms with Gasteiger partial charge in [-0.1, -0.05) is 45.4 Å². The van der Waals surface area contributed by atoms with Gasteiger partial charge in [-0.05, 0) is 19.3 Å². The molecule has 8 heteroatoms.